The van der Waals surface area contributed by atoms with Gasteiger partial charge in [0.25, 0.3) is 0 Å². The number of morpholine rings is 1. The number of aromatic nitrogens is 1. The minimum Gasteiger partial charge on any atom is -0.378 e. The van der Waals surface area contributed by atoms with Crippen LogP contribution in [0.1, 0.15) is 19.8 Å². The molecule has 0 atom stereocenters. The SMILES string of the molecule is CC1(C(=O)Nc2ccc(N3CCOCC3)nc2)CC1. The van der Waals surface area contributed by atoms with Crippen LogP contribution in [0.2, 0.25) is 0 Å². The van der Waals surface area contributed by atoms with Gasteiger partial charge in [-0.25, -0.2) is 4.98 Å². The zero-order valence-electron chi connectivity index (χ0n) is 11.2. The first-order chi connectivity index (χ1) is 9.17. The Kier molecular flexibility index (Phi) is 3.14. The molecule has 3 rings (SSSR count). The molecule has 2 aliphatic rings. The fraction of sp³-hybridized carbons (Fsp3) is 0.571. The summed E-state index contributed by atoms with van der Waals surface area (Å²) in [6.07, 6.45) is 3.70. The highest BCUT2D eigenvalue weighted by Crippen LogP contribution is 2.45. The molecule has 1 N–H and O–H groups in total. The molecule has 1 aromatic rings. The zero-order valence-corrected chi connectivity index (χ0v) is 11.2. The maximum Gasteiger partial charge on any atom is 0.230 e. The molecule has 0 unspecified atom stereocenters. The second-order valence-corrected chi connectivity index (χ2v) is 5.52. The van der Waals surface area contributed by atoms with Crippen molar-refractivity contribution in [2.75, 3.05) is 36.5 Å². The van der Waals surface area contributed by atoms with Crippen molar-refractivity contribution in [1.29, 1.82) is 0 Å². The van der Waals surface area contributed by atoms with Gasteiger partial charge < -0.3 is 15.0 Å². The summed E-state index contributed by atoms with van der Waals surface area (Å²) in [7, 11) is 0. The number of hydrogen-bond donors (Lipinski definition) is 1. The molecule has 0 spiro atoms. The minimum absolute atomic E-state index is 0.105. The maximum atomic E-state index is 11.9. The van der Waals surface area contributed by atoms with Crippen molar-refractivity contribution in [3.8, 4) is 0 Å². The topological polar surface area (TPSA) is 54.5 Å². The second kappa shape index (κ2) is 4.81. The molecule has 1 aliphatic heterocycles. The van der Waals surface area contributed by atoms with Crippen LogP contribution in [0.4, 0.5) is 11.5 Å². The number of rotatable bonds is 3. The molecule has 1 saturated heterocycles. The van der Waals surface area contributed by atoms with E-state index >= 15 is 0 Å². The number of hydrogen-bond acceptors (Lipinski definition) is 4. The van der Waals surface area contributed by atoms with Gasteiger partial charge in [0.2, 0.25) is 5.91 Å². The Morgan fingerprint density at radius 2 is 2.11 bits per heavy atom. The predicted octanol–water partition coefficient (Wildman–Crippen LogP) is 1.66. The molecule has 0 bridgehead atoms. The van der Waals surface area contributed by atoms with Crippen LogP contribution in [-0.4, -0.2) is 37.2 Å². The lowest BCUT2D eigenvalue weighted by Crippen LogP contribution is -2.36. The highest BCUT2D eigenvalue weighted by molar-refractivity contribution is 5.96. The Hall–Kier alpha value is -1.62. The zero-order chi connectivity index (χ0) is 13.3. The van der Waals surface area contributed by atoms with E-state index in [2.05, 4.69) is 15.2 Å². The molecule has 1 aliphatic carbocycles. The number of pyridine rings is 1. The van der Waals surface area contributed by atoms with E-state index in [1.54, 1.807) is 6.20 Å². The van der Waals surface area contributed by atoms with Crippen LogP contribution in [0.5, 0.6) is 0 Å². The van der Waals surface area contributed by atoms with Gasteiger partial charge in [0.15, 0.2) is 0 Å². The molecular weight excluding hydrogens is 242 g/mol. The van der Waals surface area contributed by atoms with E-state index in [9.17, 15) is 4.79 Å². The Morgan fingerprint density at radius 3 is 2.68 bits per heavy atom. The Labute approximate surface area is 113 Å². The first-order valence-corrected chi connectivity index (χ1v) is 6.78. The van der Waals surface area contributed by atoms with Crippen LogP contribution < -0.4 is 10.2 Å². The molecule has 1 saturated carbocycles. The smallest absolute Gasteiger partial charge is 0.230 e. The van der Waals surface area contributed by atoms with Crippen LogP contribution in [0, 0.1) is 5.41 Å². The number of nitrogens with one attached hydrogen (secondary N) is 1. The van der Waals surface area contributed by atoms with Crippen molar-refractivity contribution in [1.82, 2.24) is 4.98 Å². The Morgan fingerprint density at radius 1 is 1.37 bits per heavy atom. The average Bonchev–Trinajstić information content (AvgIpc) is 3.20. The van der Waals surface area contributed by atoms with Gasteiger partial charge >= 0.3 is 0 Å². The normalized spacial score (nSPS) is 21.0. The third-order valence-corrected chi connectivity index (χ3v) is 3.89. The molecular formula is C14H19N3O2. The average molecular weight is 261 g/mol. The summed E-state index contributed by atoms with van der Waals surface area (Å²) in [4.78, 5) is 18.5. The van der Waals surface area contributed by atoms with E-state index in [0.29, 0.717) is 0 Å². The predicted molar refractivity (Wildman–Crippen MR) is 73.2 cm³/mol. The molecule has 1 aromatic heterocycles. The fourth-order valence-corrected chi connectivity index (χ4v) is 2.14. The van der Waals surface area contributed by atoms with Gasteiger partial charge in [-0.15, -0.1) is 0 Å². The summed E-state index contributed by atoms with van der Waals surface area (Å²) >= 11 is 0. The maximum absolute atomic E-state index is 11.9. The minimum atomic E-state index is -0.150. The Bertz CT molecular complexity index is 462. The Balaban J connectivity index is 1.63. The van der Waals surface area contributed by atoms with Crippen molar-refractivity contribution < 1.29 is 9.53 Å². The summed E-state index contributed by atoms with van der Waals surface area (Å²) in [6.45, 7) is 5.24. The second-order valence-electron chi connectivity index (χ2n) is 5.52. The molecule has 0 radical (unpaired) electrons. The number of ether oxygens (including phenoxy) is 1. The van der Waals surface area contributed by atoms with Crippen molar-refractivity contribution >= 4 is 17.4 Å². The lowest BCUT2D eigenvalue weighted by molar-refractivity contribution is -0.120. The van der Waals surface area contributed by atoms with Crippen molar-refractivity contribution in [3.05, 3.63) is 18.3 Å². The highest BCUT2D eigenvalue weighted by Gasteiger charge is 2.44. The number of amides is 1. The van der Waals surface area contributed by atoms with Crippen LogP contribution in [0.3, 0.4) is 0 Å². The third-order valence-electron chi connectivity index (χ3n) is 3.89. The molecule has 5 heteroatoms. The molecule has 1 amide bonds. The van der Waals surface area contributed by atoms with Crippen LogP contribution >= 0.6 is 0 Å². The summed E-state index contributed by atoms with van der Waals surface area (Å²) in [6, 6.07) is 3.87. The number of anilines is 2. The van der Waals surface area contributed by atoms with Crippen LogP contribution in [0.25, 0.3) is 0 Å². The van der Waals surface area contributed by atoms with Crippen molar-refractivity contribution in [3.63, 3.8) is 0 Å². The number of nitrogens with zero attached hydrogens (tertiary/aromatic N) is 2. The van der Waals surface area contributed by atoms with Gasteiger partial charge in [-0.2, -0.15) is 0 Å². The summed E-state index contributed by atoms with van der Waals surface area (Å²) in [5.74, 6) is 1.05. The van der Waals surface area contributed by atoms with E-state index < -0.39 is 0 Å². The van der Waals surface area contributed by atoms with E-state index in [1.165, 1.54) is 0 Å². The van der Waals surface area contributed by atoms with E-state index in [1.807, 2.05) is 19.1 Å². The monoisotopic (exact) mass is 261 g/mol. The van der Waals surface area contributed by atoms with Gasteiger partial charge in [0.1, 0.15) is 5.82 Å². The van der Waals surface area contributed by atoms with Gasteiger partial charge in [0.05, 0.1) is 25.1 Å². The van der Waals surface area contributed by atoms with Crippen LogP contribution in [0.15, 0.2) is 18.3 Å². The molecule has 5 nitrogen and oxygen atoms in total. The summed E-state index contributed by atoms with van der Waals surface area (Å²) in [5, 5.41) is 2.93. The van der Waals surface area contributed by atoms with Crippen molar-refractivity contribution in [2.45, 2.75) is 19.8 Å². The molecule has 19 heavy (non-hydrogen) atoms. The van der Waals surface area contributed by atoms with E-state index in [-0.39, 0.29) is 11.3 Å². The van der Waals surface area contributed by atoms with E-state index in [0.717, 1.165) is 50.7 Å². The third kappa shape index (κ3) is 2.71. The van der Waals surface area contributed by atoms with Gasteiger partial charge in [-0.05, 0) is 25.0 Å². The molecule has 102 valence electrons. The highest BCUT2D eigenvalue weighted by atomic mass is 16.5. The number of carbonyl (C=O) groups excluding carboxylic acids is 1. The van der Waals surface area contributed by atoms with Crippen molar-refractivity contribution in [2.24, 2.45) is 5.41 Å². The van der Waals surface area contributed by atoms with Gasteiger partial charge in [-0.1, -0.05) is 6.92 Å². The van der Waals surface area contributed by atoms with Gasteiger partial charge in [-0.3, -0.25) is 4.79 Å². The van der Waals surface area contributed by atoms with Gasteiger partial charge in [0, 0.05) is 18.5 Å². The molecule has 0 aromatic carbocycles. The number of carbonyl (C=O) groups is 1. The first kappa shape index (κ1) is 12.4. The van der Waals surface area contributed by atoms with E-state index in [4.69, 9.17) is 4.74 Å². The quantitative estimate of drug-likeness (QED) is 0.899. The standard InChI is InChI=1S/C14H19N3O2/c1-14(4-5-14)13(18)16-11-2-3-12(15-10-11)17-6-8-19-9-7-17/h2-3,10H,4-9H2,1H3,(H,16,18). The summed E-state index contributed by atoms with van der Waals surface area (Å²) in [5.41, 5.74) is 0.623. The lowest BCUT2D eigenvalue weighted by Gasteiger charge is -2.27. The lowest BCUT2D eigenvalue weighted by atomic mass is 10.1. The molecule has 2 heterocycles. The molecule has 2 fully saturated rings. The largest absolute Gasteiger partial charge is 0.378 e. The fourth-order valence-electron chi connectivity index (χ4n) is 2.14. The first-order valence-electron chi connectivity index (χ1n) is 6.78. The summed E-state index contributed by atoms with van der Waals surface area (Å²) < 4.78 is 5.32. The van der Waals surface area contributed by atoms with Crippen LogP contribution in [-0.2, 0) is 9.53 Å².